The van der Waals surface area contributed by atoms with E-state index < -0.39 is 23.9 Å². The largest absolute Gasteiger partial charge is 0.462 e. The Kier molecular flexibility index (Phi) is 43.5. The van der Waals surface area contributed by atoms with Crippen LogP contribution in [0.4, 0.5) is 0 Å². The van der Waals surface area contributed by atoms with Crippen LogP contribution in [0.1, 0.15) is 257 Å². The Morgan fingerprint density at radius 2 is 0.443 bits per heavy atom. The molecule has 19 nitrogen and oxygen atoms in total. The highest BCUT2D eigenvalue weighted by Gasteiger charge is 2.20. The molecule has 0 aromatic rings. The molecule has 0 unspecified atom stereocenters. The van der Waals surface area contributed by atoms with Crippen molar-refractivity contribution in [1.82, 2.24) is 14.7 Å². The minimum Gasteiger partial charge on any atom is -0.462 e. The Hall–Kier alpha value is -4.36. The molecule has 0 aromatic heterocycles. The van der Waals surface area contributed by atoms with Gasteiger partial charge in [0.1, 0.15) is 52.9 Å². The van der Waals surface area contributed by atoms with E-state index in [2.05, 4.69) is 4.90 Å². The van der Waals surface area contributed by atoms with Gasteiger partial charge in [-0.2, -0.15) is 0 Å². The number of rotatable bonds is 50. The van der Waals surface area contributed by atoms with Crippen molar-refractivity contribution in [2.75, 3.05) is 112 Å². The summed E-state index contributed by atoms with van der Waals surface area (Å²) in [7, 11) is 1.94. The van der Waals surface area contributed by atoms with Crippen LogP contribution in [-0.2, 0) is 76.3 Å². The highest BCUT2D eigenvalue weighted by molar-refractivity contribution is 5.72. The molecule has 0 saturated heterocycles. The number of nitrogens with zero attached hydrogens (tertiary/aromatic N) is 3. The lowest BCUT2D eigenvalue weighted by molar-refractivity contribution is -0.153. The molecule has 506 valence electrons. The molecule has 4 saturated carbocycles. The molecule has 0 N–H and O–H groups in total. The molecule has 4 fully saturated rings. The van der Waals surface area contributed by atoms with E-state index in [4.69, 9.17) is 37.9 Å². The molecular weight excluding hydrogens is 1130 g/mol. The van der Waals surface area contributed by atoms with Gasteiger partial charge >= 0.3 is 47.8 Å². The van der Waals surface area contributed by atoms with E-state index in [-0.39, 0.29) is 129 Å². The van der Waals surface area contributed by atoms with Crippen LogP contribution in [0.15, 0.2) is 0 Å². The number of esters is 8. The molecule has 0 aromatic carbocycles. The van der Waals surface area contributed by atoms with E-state index in [1.54, 1.807) is 0 Å². The standard InChI is InChI=1S/C69H119N3O16/c1-70(46-48-71(42-38-66(77)85-54-50-81-62(73)34-18-14-30-58-22-6-2-7-23-58)43-39-67(78)86-55-51-82-63(74)35-19-15-31-59-24-8-3-9-25-59)47-49-72(44-40-68(79)87-56-52-83-64(75)36-20-16-32-60-26-10-4-11-27-60)45-41-69(80)88-57-53-84-65(76)37-21-17-33-61-28-12-5-13-29-61/h58-61H,2-57H2,1H3. The van der Waals surface area contributed by atoms with Crippen LogP contribution < -0.4 is 0 Å². The number of ether oxygens (including phenoxy) is 8. The first-order valence-electron chi connectivity index (χ1n) is 35.3. The van der Waals surface area contributed by atoms with Crippen molar-refractivity contribution in [1.29, 1.82) is 0 Å². The third-order valence-corrected chi connectivity index (χ3v) is 18.4. The smallest absolute Gasteiger partial charge is 0.307 e. The summed E-state index contributed by atoms with van der Waals surface area (Å²) in [5.74, 6) is 0.0990. The third kappa shape index (κ3) is 41.1. The Morgan fingerprint density at radius 1 is 0.250 bits per heavy atom. The quantitative estimate of drug-likeness (QED) is 0.0314. The molecule has 0 amide bonds. The first-order valence-corrected chi connectivity index (χ1v) is 35.3. The fourth-order valence-electron chi connectivity index (χ4n) is 12.9. The average Bonchev–Trinajstić information content (AvgIpc) is 3.56. The van der Waals surface area contributed by atoms with Crippen LogP contribution in [0.2, 0.25) is 0 Å². The highest BCUT2D eigenvalue weighted by atomic mass is 16.6. The predicted octanol–water partition coefficient (Wildman–Crippen LogP) is 12.0. The van der Waals surface area contributed by atoms with E-state index in [0.717, 1.165) is 101 Å². The summed E-state index contributed by atoms with van der Waals surface area (Å²) in [5.41, 5.74) is 0. The highest BCUT2D eigenvalue weighted by Crippen LogP contribution is 2.31. The summed E-state index contributed by atoms with van der Waals surface area (Å²) in [6.07, 6.45) is 39.4. The fraction of sp³-hybridized carbons (Fsp3) is 0.884. The van der Waals surface area contributed by atoms with Gasteiger partial charge in [-0.3, -0.25) is 38.4 Å². The van der Waals surface area contributed by atoms with Gasteiger partial charge in [0, 0.05) is 78.0 Å². The normalized spacial score (nSPS) is 16.3. The van der Waals surface area contributed by atoms with Gasteiger partial charge in [-0.25, -0.2) is 0 Å². The molecule has 0 spiro atoms. The molecule has 0 aliphatic heterocycles. The monoisotopic (exact) mass is 1250 g/mol. The van der Waals surface area contributed by atoms with Crippen molar-refractivity contribution >= 4 is 47.8 Å². The Labute approximate surface area is 529 Å². The van der Waals surface area contributed by atoms with Gasteiger partial charge in [0.25, 0.3) is 0 Å². The van der Waals surface area contributed by atoms with Gasteiger partial charge in [0.05, 0.1) is 25.7 Å². The lowest BCUT2D eigenvalue weighted by Gasteiger charge is -2.27. The van der Waals surface area contributed by atoms with Crippen LogP contribution in [0.3, 0.4) is 0 Å². The van der Waals surface area contributed by atoms with Crippen molar-refractivity contribution in [2.24, 2.45) is 23.7 Å². The summed E-state index contributed by atoms with van der Waals surface area (Å²) in [4.78, 5) is 107. The molecule has 4 aliphatic carbocycles. The molecule has 4 rings (SSSR count). The zero-order chi connectivity index (χ0) is 62.9. The maximum atomic E-state index is 12.9. The number of carbonyl (C=O) groups is 8. The van der Waals surface area contributed by atoms with Crippen molar-refractivity contribution in [3.05, 3.63) is 0 Å². The summed E-state index contributed by atoms with van der Waals surface area (Å²) >= 11 is 0. The van der Waals surface area contributed by atoms with Gasteiger partial charge < -0.3 is 52.6 Å². The first-order chi connectivity index (χ1) is 42.9. The van der Waals surface area contributed by atoms with Crippen molar-refractivity contribution in [2.45, 2.75) is 257 Å². The summed E-state index contributed by atoms with van der Waals surface area (Å²) in [5, 5.41) is 0. The topological polar surface area (TPSA) is 220 Å². The second-order valence-corrected chi connectivity index (χ2v) is 25.7. The maximum Gasteiger partial charge on any atom is 0.307 e. The molecular formula is C69H119N3O16. The second kappa shape index (κ2) is 50.3. The van der Waals surface area contributed by atoms with E-state index in [9.17, 15) is 38.4 Å². The van der Waals surface area contributed by atoms with Crippen LogP contribution >= 0.6 is 0 Å². The zero-order valence-electron chi connectivity index (χ0n) is 54.8. The maximum absolute atomic E-state index is 12.9. The number of carbonyl (C=O) groups excluding carboxylic acids is 8. The molecule has 19 heteroatoms. The minimum absolute atomic E-state index is 0.0165. The lowest BCUT2D eigenvalue weighted by atomic mass is 9.86. The summed E-state index contributed by atoms with van der Waals surface area (Å²) < 4.78 is 43.1. The third-order valence-electron chi connectivity index (χ3n) is 18.4. The molecule has 0 heterocycles. The van der Waals surface area contributed by atoms with Crippen molar-refractivity contribution in [3.63, 3.8) is 0 Å². The number of unbranched alkanes of at least 4 members (excludes halogenated alkanes) is 4. The van der Waals surface area contributed by atoms with Gasteiger partial charge in [-0.15, -0.1) is 0 Å². The zero-order valence-corrected chi connectivity index (χ0v) is 54.8. The Bertz CT molecular complexity index is 1640. The van der Waals surface area contributed by atoms with Gasteiger partial charge in [0.2, 0.25) is 0 Å². The van der Waals surface area contributed by atoms with E-state index in [0.29, 0.717) is 51.9 Å². The molecule has 88 heavy (non-hydrogen) atoms. The van der Waals surface area contributed by atoms with Crippen LogP contribution in [0.5, 0.6) is 0 Å². The van der Waals surface area contributed by atoms with E-state index in [1.165, 1.54) is 128 Å². The molecule has 0 atom stereocenters. The van der Waals surface area contributed by atoms with Crippen molar-refractivity contribution < 1.29 is 76.3 Å². The second-order valence-electron chi connectivity index (χ2n) is 25.7. The average molecular weight is 1250 g/mol. The van der Waals surface area contributed by atoms with E-state index in [1.807, 2.05) is 16.8 Å². The van der Waals surface area contributed by atoms with Crippen LogP contribution in [-0.4, -0.2) is 175 Å². The first kappa shape index (κ1) is 76.1. The van der Waals surface area contributed by atoms with Gasteiger partial charge in [-0.1, -0.05) is 180 Å². The predicted molar refractivity (Wildman–Crippen MR) is 337 cm³/mol. The number of hydrogen-bond donors (Lipinski definition) is 0. The van der Waals surface area contributed by atoms with Gasteiger partial charge in [-0.05, 0) is 56.4 Å². The SMILES string of the molecule is CN(CCN(CCC(=O)OCCOC(=O)CCCCC1CCCCC1)CCC(=O)OCCOC(=O)CCCCC1CCCCC1)CCN(CCC(=O)OCCOC(=O)CCCCC1CCCCC1)CCC(=O)OCCOC(=O)CCCCC1CCCCC1. The lowest BCUT2D eigenvalue weighted by Crippen LogP contribution is -2.40. The fourth-order valence-corrected chi connectivity index (χ4v) is 12.9. The number of hydrogen-bond acceptors (Lipinski definition) is 19. The van der Waals surface area contributed by atoms with Crippen molar-refractivity contribution in [3.8, 4) is 0 Å². The molecule has 0 radical (unpaired) electrons. The molecule has 4 aliphatic rings. The molecule has 0 bridgehead atoms. The minimum atomic E-state index is -0.458. The van der Waals surface area contributed by atoms with E-state index >= 15 is 0 Å². The summed E-state index contributed by atoms with van der Waals surface area (Å²) in [6, 6.07) is 0. The Balaban J connectivity index is 1.20. The van der Waals surface area contributed by atoms with Gasteiger partial charge in [0.15, 0.2) is 0 Å². The van der Waals surface area contributed by atoms with Crippen LogP contribution in [0, 0.1) is 23.7 Å². The summed E-state index contributed by atoms with van der Waals surface area (Å²) in [6.45, 7) is 2.89. The Morgan fingerprint density at radius 3 is 0.648 bits per heavy atom. The van der Waals surface area contributed by atoms with Crippen LogP contribution in [0.25, 0.3) is 0 Å². The number of likely N-dealkylation sites (N-methyl/N-ethyl adjacent to an activating group) is 1.